The van der Waals surface area contributed by atoms with Crippen LogP contribution in [-0.4, -0.2) is 30.2 Å². The zero-order valence-electron chi connectivity index (χ0n) is 15.1. The van der Waals surface area contributed by atoms with Gasteiger partial charge in [0.1, 0.15) is 11.6 Å². The van der Waals surface area contributed by atoms with Gasteiger partial charge in [0, 0.05) is 37.6 Å². The minimum Gasteiger partial charge on any atom is -0.385 e. The van der Waals surface area contributed by atoms with E-state index in [9.17, 15) is 0 Å². The highest BCUT2D eigenvalue weighted by molar-refractivity contribution is 5.65. The van der Waals surface area contributed by atoms with Gasteiger partial charge in [-0.25, -0.2) is 9.97 Å². The number of methoxy groups -OCH3 is 1. The van der Waals surface area contributed by atoms with E-state index in [4.69, 9.17) is 10.00 Å². The number of nitrogens with one attached hydrogen (secondary N) is 2. The summed E-state index contributed by atoms with van der Waals surface area (Å²) in [5.41, 5.74) is 2.33. The van der Waals surface area contributed by atoms with Gasteiger partial charge < -0.3 is 15.4 Å². The summed E-state index contributed by atoms with van der Waals surface area (Å²) < 4.78 is 5.09. The zero-order valence-corrected chi connectivity index (χ0v) is 15.1. The molecule has 6 nitrogen and oxygen atoms in total. The molecule has 0 spiro atoms. The van der Waals surface area contributed by atoms with Gasteiger partial charge >= 0.3 is 0 Å². The molecule has 27 heavy (non-hydrogen) atoms. The van der Waals surface area contributed by atoms with Gasteiger partial charge in [0.15, 0.2) is 5.82 Å². The van der Waals surface area contributed by atoms with Crippen LogP contribution >= 0.6 is 0 Å². The Morgan fingerprint density at radius 2 is 1.81 bits per heavy atom. The Labute approximate surface area is 158 Å². The Kier molecular flexibility index (Phi) is 6.34. The minimum absolute atomic E-state index is 0.593. The molecule has 6 heteroatoms. The summed E-state index contributed by atoms with van der Waals surface area (Å²) >= 11 is 0. The molecule has 0 aliphatic carbocycles. The summed E-state index contributed by atoms with van der Waals surface area (Å²) in [5.74, 6) is 2.03. The van der Waals surface area contributed by atoms with Crippen LogP contribution in [0.4, 0.5) is 17.3 Å². The van der Waals surface area contributed by atoms with Crippen molar-refractivity contribution in [2.45, 2.75) is 6.42 Å². The molecule has 0 fully saturated rings. The lowest BCUT2D eigenvalue weighted by molar-refractivity contribution is 0.198. The normalized spacial score (nSPS) is 10.2. The molecule has 0 atom stereocenters. The molecule has 0 saturated carbocycles. The van der Waals surface area contributed by atoms with E-state index in [0.29, 0.717) is 23.8 Å². The van der Waals surface area contributed by atoms with Crippen LogP contribution in [0, 0.1) is 11.3 Å². The lowest BCUT2D eigenvalue weighted by Crippen LogP contribution is -2.08. The second-order valence-corrected chi connectivity index (χ2v) is 5.92. The molecule has 1 aromatic heterocycles. The van der Waals surface area contributed by atoms with Gasteiger partial charge in [-0.3, -0.25) is 0 Å². The molecule has 0 aliphatic heterocycles. The van der Waals surface area contributed by atoms with E-state index in [0.717, 1.165) is 30.0 Å². The van der Waals surface area contributed by atoms with E-state index in [2.05, 4.69) is 26.7 Å². The molecule has 2 aromatic carbocycles. The molecule has 0 radical (unpaired) electrons. The van der Waals surface area contributed by atoms with Crippen molar-refractivity contribution >= 4 is 17.3 Å². The van der Waals surface area contributed by atoms with Crippen LogP contribution in [-0.2, 0) is 4.74 Å². The molecule has 0 aliphatic rings. The molecule has 0 unspecified atom stereocenters. The van der Waals surface area contributed by atoms with Crippen molar-refractivity contribution in [1.82, 2.24) is 9.97 Å². The van der Waals surface area contributed by atoms with Crippen LogP contribution in [0.3, 0.4) is 0 Å². The van der Waals surface area contributed by atoms with Gasteiger partial charge in [-0.2, -0.15) is 5.26 Å². The fourth-order valence-electron chi connectivity index (χ4n) is 2.57. The number of benzene rings is 2. The molecule has 3 rings (SSSR count). The third-order valence-corrected chi connectivity index (χ3v) is 3.85. The lowest BCUT2D eigenvalue weighted by Gasteiger charge is -2.12. The number of hydrogen-bond donors (Lipinski definition) is 2. The Morgan fingerprint density at radius 3 is 2.59 bits per heavy atom. The van der Waals surface area contributed by atoms with Gasteiger partial charge in [0.2, 0.25) is 0 Å². The van der Waals surface area contributed by atoms with Crippen molar-refractivity contribution in [3.8, 4) is 17.5 Å². The predicted molar refractivity (Wildman–Crippen MR) is 107 cm³/mol. The van der Waals surface area contributed by atoms with Gasteiger partial charge in [-0.15, -0.1) is 0 Å². The van der Waals surface area contributed by atoms with Gasteiger partial charge in [-0.1, -0.05) is 36.4 Å². The molecule has 3 aromatic rings. The summed E-state index contributed by atoms with van der Waals surface area (Å²) in [6.45, 7) is 1.44. The molecule has 136 valence electrons. The molecular formula is C21H21N5O. The maximum Gasteiger partial charge on any atom is 0.163 e. The van der Waals surface area contributed by atoms with Crippen LogP contribution < -0.4 is 10.6 Å². The van der Waals surface area contributed by atoms with Crippen LogP contribution in [0.25, 0.3) is 11.4 Å². The number of nitriles is 1. The van der Waals surface area contributed by atoms with E-state index in [1.807, 2.05) is 48.5 Å². The molecule has 0 amide bonds. The lowest BCUT2D eigenvalue weighted by atomic mass is 10.2. The second-order valence-electron chi connectivity index (χ2n) is 5.92. The summed E-state index contributed by atoms with van der Waals surface area (Å²) in [4.78, 5) is 9.25. The van der Waals surface area contributed by atoms with E-state index < -0.39 is 0 Å². The standard InChI is InChI=1S/C21H21N5O/c1-27-12-6-11-23-19-14-20(24-18-10-5-7-16(13-18)15-22)26-21(25-19)17-8-3-2-4-9-17/h2-5,7-10,13-14H,6,11-12H2,1H3,(H2,23,24,25,26). The largest absolute Gasteiger partial charge is 0.385 e. The van der Waals surface area contributed by atoms with Crippen LogP contribution in [0.2, 0.25) is 0 Å². The Morgan fingerprint density at radius 1 is 1.00 bits per heavy atom. The van der Waals surface area contributed by atoms with E-state index in [-0.39, 0.29) is 0 Å². The molecule has 2 N–H and O–H groups in total. The number of hydrogen-bond acceptors (Lipinski definition) is 6. The molecule has 0 saturated heterocycles. The maximum atomic E-state index is 9.08. The third-order valence-electron chi connectivity index (χ3n) is 3.85. The summed E-state index contributed by atoms with van der Waals surface area (Å²) in [6.07, 6.45) is 0.883. The Bertz CT molecular complexity index is 921. The van der Waals surface area contributed by atoms with Crippen LogP contribution in [0.1, 0.15) is 12.0 Å². The van der Waals surface area contributed by atoms with Gasteiger partial charge in [0.25, 0.3) is 0 Å². The minimum atomic E-state index is 0.593. The van der Waals surface area contributed by atoms with Crippen molar-refractivity contribution in [3.05, 3.63) is 66.2 Å². The SMILES string of the molecule is COCCCNc1cc(Nc2cccc(C#N)c2)nc(-c2ccccc2)n1. The van der Waals surface area contributed by atoms with E-state index >= 15 is 0 Å². The first kappa shape index (κ1) is 18.4. The highest BCUT2D eigenvalue weighted by atomic mass is 16.5. The Hall–Kier alpha value is -3.43. The summed E-state index contributed by atoms with van der Waals surface area (Å²) in [7, 11) is 1.69. The fourth-order valence-corrected chi connectivity index (χ4v) is 2.57. The summed E-state index contributed by atoms with van der Waals surface area (Å²) in [5, 5.41) is 15.7. The van der Waals surface area contributed by atoms with E-state index in [1.54, 1.807) is 19.2 Å². The van der Waals surface area contributed by atoms with E-state index in [1.165, 1.54) is 0 Å². The monoisotopic (exact) mass is 359 g/mol. The number of rotatable bonds is 8. The number of aromatic nitrogens is 2. The number of anilines is 3. The van der Waals surface area contributed by atoms with Crippen molar-refractivity contribution < 1.29 is 4.74 Å². The third kappa shape index (κ3) is 5.27. The smallest absolute Gasteiger partial charge is 0.163 e. The average molecular weight is 359 g/mol. The Balaban J connectivity index is 1.88. The number of nitrogens with zero attached hydrogens (tertiary/aromatic N) is 3. The first-order chi connectivity index (χ1) is 13.3. The van der Waals surface area contributed by atoms with Gasteiger partial charge in [-0.05, 0) is 24.6 Å². The molecule has 1 heterocycles. The molecular weight excluding hydrogens is 338 g/mol. The first-order valence-electron chi connectivity index (χ1n) is 8.73. The fraction of sp³-hybridized carbons (Fsp3) is 0.190. The second kappa shape index (κ2) is 9.32. The van der Waals surface area contributed by atoms with Crippen molar-refractivity contribution in [3.63, 3.8) is 0 Å². The highest BCUT2D eigenvalue weighted by Crippen LogP contribution is 2.23. The predicted octanol–water partition coefficient (Wildman–Crippen LogP) is 4.21. The van der Waals surface area contributed by atoms with Crippen molar-refractivity contribution in [1.29, 1.82) is 5.26 Å². The quantitative estimate of drug-likeness (QED) is 0.586. The first-order valence-corrected chi connectivity index (χ1v) is 8.73. The van der Waals surface area contributed by atoms with Crippen molar-refractivity contribution in [2.24, 2.45) is 0 Å². The summed E-state index contributed by atoms with van der Waals surface area (Å²) in [6, 6.07) is 21.1. The van der Waals surface area contributed by atoms with Crippen molar-refractivity contribution in [2.75, 3.05) is 30.9 Å². The van der Waals surface area contributed by atoms with Crippen LogP contribution in [0.5, 0.6) is 0 Å². The highest BCUT2D eigenvalue weighted by Gasteiger charge is 2.08. The van der Waals surface area contributed by atoms with Crippen LogP contribution in [0.15, 0.2) is 60.7 Å². The zero-order chi connectivity index (χ0) is 18.9. The number of ether oxygens (including phenoxy) is 1. The maximum absolute atomic E-state index is 9.08. The molecule has 0 bridgehead atoms. The topological polar surface area (TPSA) is 82.9 Å². The van der Waals surface area contributed by atoms with Gasteiger partial charge in [0.05, 0.1) is 11.6 Å². The average Bonchev–Trinajstić information content (AvgIpc) is 2.72.